The predicted molar refractivity (Wildman–Crippen MR) is 127 cm³/mol. The number of carbonyl (C=O) groups is 2. The number of nitrogens with zero attached hydrogens (tertiary/aromatic N) is 2. The van der Waals surface area contributed by atoms with Crippen LogP contribution in [-0.2, 0) is 10.0 Å². The van der Waals surface area contributed by atoms with Crippen LogP contribution in [0.4, 0.5) is 11.4 Å². The van der Waals surface area contributed by atoms with Crippen LogP contribution in [0.5, 0.6) is 0 Å². The number of carbonyl (C=O) groups excluding carboxylic acids is 2. The van der Waals surface area contributed by atoms with Crippen LogP contribution in [0, 0.1) is 0 Å². The van der Waals surface area contributed by atoms with E-state index in [0.717, 1.165) is 0 Å². The number of hydrogen-bond donors (Lipinski definition) is 2. The van der Waals surface area contributed by atoms with Crippen LogP contribution in [-0.4, -0.2) is 37.9 Å². The summed E-state index contributed by atoms with van der Waals surface area (Å²) in [6.45, 7) is 0.319. The molecule has 0 atom stereocenters. The van der Waals surface area contributed by atoms with Gasteiger partial charge in [0.25, 0.3) is 21.8 Å². The Kier molecular flexibility index (Phi) is 6.50. The van der Waals surface area contributed by atoms with E-state index in [2.05, 4.69) is 15.2 Å². The number of rotatable bonds is 9. The molecule has 4 rings (SSSR count). The number of hydrogen-bond acceptors (Lipinski definition) is 6. The maximum absolute atomic E-state index is 12.5. The van der Waals surface area contributed by atoms with E-state index in [-0.39, 0.29) is 16.7 Å². The van der Waals surface area contributed by atoms with Gasteiger partial charge in [0.1, 0.15) is 0 Å². The monoisotopic (exact) mass is 462 g/mol. The molecule has 8 nitrogen and oxygen atoms in total. The number of amides is 2. The molecule has 0 bridgehead atoms. The van der Waals surface area contributed by atoms with Gasteiger partial charge in [-0.1, -0.05) is 30.3 Å². The molecule has 0 unspecified atom stereocenters. The van der Waals surface area contributed by atoms with E-state index in [1.165, 1.54) is 17.0 Å². The normalized spacial score (nSPS) is 13.4. The summed E-state index contributed by atoms with van der Waals surface area (Å²) in [6.07, 6.45) is 2.80. The summed E-state index contributed by atoms with van der Waals surface area (Å²) in [7, 11) is -3.68. The van der Waals surface area contributed by atoms with Crippen molar-refractivity contribution in [3.63, 3.8) is 0 Å². The lowest BCUT2D eigenvalue weighted by Crippen LogP contribution is -2.30. The minimum absolute atomic E-state index is 0.141. The number of benzene rings is 3. The Morgan fingerprint density at radius 1 is 0.788 bits per heavy atom. The van der Waals surface area contributed by atoms with Crippen LogP contribution in [0.15, 0.2) is 88.9 Å². The number of para-hydroxylation sites is 1. The average molecular weight is 463 g/mol. The molecule has 33 heavy (non-hydrogen) atoms. The molecule has 0 aromatic heterocycles. The Bertz CT molecular complexity index is 1250. The van der Waals surface area contributed by atoms with Crippen molar-refractivity contribution in [1.82, 2.24) is 4.90 Å². The second kappa shape index (κ2) is 9.66. The van der Waals surface area contributed by atoms with Gasteiger partial charge in [-0.05, 0) is 61.4 Å². The van der Waals surface area contributed by atoms with Crippen LogP contribution in [0.3, 0.4) is 0 Å². The second-order valence-electron chi connectivity index (χ2n) is 7.37. The van der Waals surface area contributed by atoms with Crippen LogP contribution < -0.4 is 10.1 Å². The molecule has 0 aliphatic carbocycles. The van der Waals surface area contributed by atoms with Crippen molar-refractivity contribution in [3.05, 3.63) is 90.0 Å². The highest BCUT2D eigenvalue weighted by Gasteiger charge is 2.34. The lowest BCUT2D eigenvalue weighted by molar-refractivity contribution is 0.0653. The van der Waals surface area contributed by atoms with Crippen molar-refractivity contribution in [2.45, 2.75) is 17.7 Å². The molecule has 3 aromatic rings. The van der Waals surface area contributed by atoms with Crippen molar-refractivity contribution in [2.75, 3.05) is 16.7 Å². The van der Waals surface area contributed by atoms with Gasteiger partial charge in [-0.3, -0.25) is 24.6 Å². The summed E-state index contributed by atoms with van der Waals surface area (Å²) in [5.74, 6) is -0.523. The van der Waals surface area contributed by atoms with E-state index in [0.29, 0.717) is 41.9 Å². The molecule has 0 radical (unpaired) electrons. The highest BCUT2D eigenvalue weighted by atomic mass is 32.2. The minimum atomic E-state index is -3.68. The van der Waals surface area contributed by atoms with E-state index in [1.54, 1.807) is 66.9 Å². The number of imide groups is 1. The molecule has 0 saturated heterocycles. The van der Waals surface area contributed by atoms with Gasteiger partial charge in [0, 0.05) is 18.4 Å². The molecule has 9 heteroatoms. The Morgan fingerprint density at radius 3 is 2.03 bits per heavy atom. The first kappa shape index (κ1) is 22.2. The first-order valence-electron chi connectivity index (χ1n) is 10.4. The topological polar surface area (TPSA) is 108 Å². The van der Waals surface area contributed by atoms with Gasteiger partial charge in [0.05, 0.1) is 21.7 Å². The number of fused-ring (bicyclic) bond motifs is 1. The van der Waals surface area contributed by atoms with Gasteiger partial charge in [-0.2, -0.15) is 5.10 Å². The van der Waals surface area contributed by atoms with Crippen LogP contribution in [0.25, 0.3) is 0 Å². The standard InChI is InChI=1S/C24H22N4O4S/c29-23-21-10-4-5-11-22(21)24(30)28(23)17-7-6-16-25-26-18-12-14-20(15-13-18)33(31,32)27-19-8-2-1-3-9-19/h1-5,8-16,26-27H,6-7,17H2. The van der Waals surface area contributed by atoms with Crippen LogP contribution >= 0.6 is 0 Å². The smallest absolute Gasteiger partial charge is 0.261 e. The summed E-state index contributed by atoms with van der Waals surface area (Å²) in [5, 5.41) is 4.11. The minimum Gasteiger partial charge on any atom is -0.280 e. The van der Waals surface area contributed by atoms with Gasteiger partial charge in [0.2, 0.25) is 0 Å². The van der Waals surface area contributed by atoms with Crippen LogP contribution in [0.2, 0.25) is 0 Å². The van der Waals surface area contributed by atoms with E-state index in [1.807, 2.05) is 6.07 Å². The van der Waals surface area contributed by atoms with Crippen molar-refractivity contribution >= 4 is 39.4 Å². The zero-order chi connectivity index (χ0) is 23.3. The molecule has 1 heterocycles. The first-order chi connectivity index (χ1) is 16.0. The maximum Gasteiger partial charge on any atom is 0.261 e. The van der Waals surface area contributed by atoms with Gasteiger partial charge in [-0.15, -0.1) is 0 Å². The van der Waals surface area contributed by atoms with Crippen LogP contribution in [0.1, 0.15) is 33.6 Å². The Labute approximate surface area is 192 Å². The zero-order valence-corrected chi connectivity index (χ0v) is 18.5. The molecule has 2 N–H and O–H groups in total. The molecule has 1 aliphatic rings. The summed E-state index contributed by atoms with van der Waals surface area (Å²) >= 11 is 0. The SMILES string of the molecule is O=C1c2ccccc2C(=O)N1CCCC=NNc1ccc(S(=O)(=O)Nc2ccccc2)cc1. The maximum atomic E-state index is 12.5. The molecule has 2 amide bonds. The van der Waals surface area contributed by atoms with E-state index < -0.39 is 10.0 Å². The Hall–Kier alpha value is -3.98. The lowest BCUT2D eigenvalue weighted by Gasteiger charge is -2.12. The zero-order valence-electron chi connectivity index (χ0n) is 17.6. The summed E-state index contributed by atoms with van der Waals surface area (Å²) in [4.78, 5) is 26.0. The molecule has 168 valence electrons. The average Bonchev–Trinajstić information content (AvgIpc) is 3.07. The highest BCUT2D eigenvalue weighted by molar-refractivity contribution is 7.92. The van der Waals surface area contributed by atoms with E-state index in [9.17, 15) is 18.0 Å². The molecular weight excluding hydrogens is 440 g/mol. The van der Waals surface area contributed by atoms with Gasteiger partial charge in [-0.25, -0.2) is 8.42 Å². The van der Waals surface area contributed by atoms with Crippen molar-refractivity contribution < 1.29 is 18.0 Å². The molecule has 1 aliphatic heterocycles. The molecule has 3 aromatic carbocycles. The number of sulfonamides is 1. The quantitative estimate of drug-likeness (QED) is 0.217. The molecule has 0 spiro atoms. The van der Waals surface area contributed by atoms with Crippen molar-refractivity contribution in [3.8, 4) is 0 Å². The number of hydrazone groups is 1. The predicted octanol–water partition coefficient (Wildman–Crippen LogP) is 3.96. The van der Waals surface area contributed by atoms with Gasteiger partial charge < -0.3 is 0 Å². The fourth-order valence-corrected chi connectivity index (χ4v) is 4.46. The number of unbranched alkanes of at least 4 members (excludes halogenated alkanes) is 1. The Balaban J connectivity index is 1.24. The number of nitrogens with one attached hydrogen (secondary N) is 2. The highest BCUT2D eigenvalue weighted by Crippen LogP contribution is 2.22. The van der Waals surface area contributed by atoms with Gasteiger partial charge >= 0.3 is 0 Å². The summed E-state index contributed by atoms with van der Waals surface area (Å²) in [6, 6.07) is 21.7. The largest absolute Gasteiger partial charge is 0.280 e. The van der Waals surface area contributed by atoms with Gasteiger partial charge in [0.15, 0.2) is 0 Å². The van der Waals surface area contributed by atoms with E-state index >= 15 is 0 Å². The number of anilines is 2. The fourth-order valence-electron chi connectivity index (χ4n) is 3.40. The third kappa shape index (κ3) is 5.09. The third-order valence-corrected chi connectivity index (χ3v) is 6.47. The lowest BCUT2D eigenvalue weighted by atomic mass is 10.1. The molecular formula is C24H22N4O4S. The Morgan fingerprint density at radius 2 is 1.39 bits per heavy atom. The molecule has 0 saturated carbocycles. The first-order valence-corrected chi connectivity index (χ1v) is 11.8. The summed E-state index contributed by atoms with van der Waals surface area (Å²) < 4.78 is 27.4. The summed E-state index contributed by atoms with van der Waals surface area (Å²) in [5.41, 5.74) is 4.85. The van der Waals surface area contributed by atoms with Crippen molar-refractivity contribution in [2.24, 2.45) is 5.10 Å². The van der Waals surface area contributed by atoms with E-state index in [4.69, 9.17) is 0 Å². The molecule has 0 fully saturated rings. The fraction of sp³-hybridized carbons (Fsp3) is 0.125. The third-order valence-electron chi connectivity index (χ3n) is 5.07. The second-order valence-corrected chi connectivity index (χ2v) is 9.05. The van der Waals surface area contributed by atoms with Crippen molar-refractivity contribution in [1.29, 1.82) is 0 Å².